The van der Waals surface area contributed by atoms with Crippen LogP contribution in [-0.2, 0) is 4.79 Å². The second kappa shape index (κ2) is 7.78. The highest BCUT2D eigenvalue weighted by Crippen LogP contribution is 2.10. The number of nitrogens with zero attached hydrogens (tertiary/aromatic N) is 1. The van der Waals surface area contributed by atoms with Gasteiger partial charge in [0, 0.05) is 9.26 Å². The Hall–Kier alpha value is -1.89. The number of halogens is 1. The van der Waals surface area contributed by atoms with Crippen molar-refractivity contribution in [2.45, 2.75) is 6.92 Å². The van der Waals surface area contributed by atoms with Crippen LogP contribution in [0.15, 0.2) is 59.7 Å². The molecule has 4 nitrogen and oxygen atoms in total. The van der Waals surface area contributed by atoms with Crippen molar-refractivity contribution < 1.29 is 4.79 Å². The van der Waals surface area contributed by atoms with E-state index in [9.17, 15) is 4.79 Å². The first-order valence-electron chi connectivity index (χ1n) is 6.53. The number of amides is 1. The number of hydrazone groups is 1. The summed E-state index contributed by atoms with van der Waals surface area (Å²) in [5.74, 6) is -0.177. The molecule has 108 valence electrons. The molecule has 0 radical (unpaired) electrons. The van der Waals surface area contributed by atoms with Crippen LogP contribution in [0.5, 0.6) is 0 Å². The highest BCUT2D eigenvalue weighted by Gasteiger charge is 2.01. The topological polar surface area (TPSA) is 53.5 Å². The van der Waals surface area contributed by atoms with E-state index in [-0.39, 0.29) is 12.5 Å². The fourth-order valence-electron chi connectivity index (χ4n) is 1.68. The van der Waals surface area contributed by atoms with Gasteiger partial charge in [-0.2, -0.15) is 5.10 Å². The van der Waals surface area contributed by atoms with Crippen molar-refractivity contribution in [3.63, 3.8) is 0 Å². The molecule has 0 unspecified atom stereocenters. The van der Waals surface area contributed by atoms with Crippen LogP contribution in [0.2, 0.25) is 0 Å². The molecule has 2 N–H and O–H groups in total. The summed E-state index contributed by atoms with van der Waals surface area (Å²) >= 11 is 2.24. The van der Waals surface area contributed by atoms with Crippen molar-refractivity contribution in [2.75, 3.05) is 11.9 Å². The molecule has 0 atom stereocenters. The Labute approximate surface area is 137 Å². The van der Waals surface area contributed by atoms with Crippen molar-refractivity contribution in [3.8, 4) is 0 Å². The Bertz CT molecular complexity index is 624. The molecule has 0 aromatic heterocycles. The third-order valence-corrected chi connectivity index (χ3v) is 3.56. The van der Waals surface area contributed by atoms with E-state index in [4.69, 9.17) is 0 Å². The zero-order chi connectivity index (χ0) is 15.1. The Morgan fingerprint density at radius 1 is 1.10 bits per heavy atom. The first-order chi connectivity index (χ1) is 10.1. The Morgan fingerprint density at radius 2 is 1.76 bits per heavy atom. The van der Waals surface area contributed by atoms with Gasteiger partial charge in [0.1, 0.15) is 0 Å². The van der Waals surface area contributed by atoms with Gasteiger partial charge < -0.3 is 5.32 Å². The monoisotopic (exact) mass is 393 g/mol. The first-order valence-corrected chi connectivity index (χ1v) is 7.61. The fourth-order valence-corrected chi connectivity index (χ4v) is 2.04. The smallest absolute Gasteiger partial charge is 0.259 e. The van der Waals surface area contributed by atoms with E-state index in [0.29, 0.717) is 0 Å². The van der Waals surface area contributed by atoms with E-state index >= 15 is 0 Å². The molecule has 0 aliphatic heterocycles. The molecule has 0 saturated heterocycles. The first kappa shape index (κ1) is 15.5. The summed E-state index contributed by atoms with van der Waals surface area (Å²) in [4.78, 5) is 11.7. The van der Waals surface area contributed by atoms with Crippen molar-refractivity contribution in [3.05, 3.63) is 63.7 Å². The third-order valence-electron chi connectivity index (χ3n) is 2.84. The number of carbonyl (C=O) groups is 1. The predicted molar refractivity (Wildman–Crippen MR) is 94.4 cm³/mol. The second-order valence-corrected chi connectivity index (χ2v) is 5.70. The number of nitrogens with one attached hydrogen (secondary N) is 2. The maximum absolute atomic E-state index is 11.7. The van der Waals surface area contributed by atoms with Crippen LogP contribution >= 0.6 is 22.6 Å². The third kappa shape index (κ3) is 5.18. The molecule has 0 aliphatic rings. The van der Waals surface area contributed by atoms with Gasteiger partial charge in [-0.25, -0.2) is 5.43 Å². The van der Waals surface area contributed by atoms with Crippen molar-refractivity contribution >= 4 is 39.9 Å². The average Bonchev–Trinajstić information content (AvgIpc) is 2.53. The summed E-state index contributed by atoms with van der Waals surface area (Å²) in [6.45, 7) is 2.05. The van der Waals surface area contributed by atoms with Gasteiger partial charge in [-0.1, -0.05) is 30.3 Å². The minimum Gasteiger partial charge on any atom is -0.376 e. The minimum absolute atomic E-state index is 0.177. The van der Waals surface area contributed by atoms with Crippen molar-refractivity contribution in [1.29, 1.82) is 0 Å². The number of hydrogen-bond donors (Lipinski definition) is 2. The highest BCUT2D eigenvalue weighted by atomic mass is 127. The quantitative estimate of drug-likeness (QED) is 0.466. The molecule has 2 aromatic carbocycles. The van der Waals surface area contributed by atoms with Gasteiger partial charge in [-0.3, -0.25) is 4.79 Å². The highest BCUT2D eigenvalue weighted by molar-refractivity contribution is 14.1. The van der Waals surface area contributed by atoms with Crippen molar-refractivity contribution in [2.24, 2.45) is 5.10 Å². The van der Waals surface area contributed by atoms with Gasteiger partial charge in [-0.05, 0) is 59.3 Å². The van der Waals surface area contributed by atoms with Crippen LogP contribution in [0, 0.1) is 3.57 Å². The zero-order valence-electron chi connectivity index (χ0n) is 11.6. The molecule has 0 bridgehead atoms. The lowest BCUT2D eigenvalue weighted by molar-refractivity contribution is -0.119. The van der Waals surface area contributed by atoms with Gasteiger partial charge in [0.25, 0.3) is 5.91 Å². The average molecular weight is 393 g/mol. The molecule has 1 amide bonds. The van der Waals surface area contributed by atoms with E-state index < -0.39 is 0 Å². The number of carbonyl (C=O) groups excluding carboxylic acids is 1. The lowest BCUT2D eigenvalue weighted by Crippen LogP contribution is -2.26. The second-order valence-electron chi connectivity index (χ2n) is 4.46. The predicted octanol–water partition coefficient (Wildman–Crippen LogP) is 3.24. The number of hydrogen-bond acceptors (Lipinski definition) is 3. The lowest BCUT2D eigenvalue weighted by Gasteiger charge is -2.06. The molecule has 0 saturated carbocycles. The van der Waals surface area contributed by atoms with Crippen LogP contribution in [-0.4, -0.2) is 18.2 Å². The summed E-state index contributed by atoms with van der Waals surface area (Å²) in [5.41, 5.74) is 5.22. The van der Waals surface area contributed by atoms with Gasteiger partial charge in [0.2, 0.25) is 0 Å². The molecule has 0 fully saturated rings. The van der Waals surface area contributed by atoms with Crippen LogP contribution < -0.4 is 10.7 Å². The summed E-state index contributed by atoms with van der Waals surface area (Å²) in [7, 11) is 0. The van der Waals surface area contributed by atoms with Gasteiger partial charge in [0.05, 0.1) is 12.3 Å². The van der Waals surface area contributed by atoms with Crippen LogP contribution in [0.3, 0.4) is 0 Å². The lowest BCUT2D eigenvalue weighted by atomic mass is 10.1. The van der Waals surface area contributed by atoms with Crippen molar-refractivity contribution in [1.82, 2.24) is 5.43 Å². The normalized spacial score (nSPS) is 11.0. The molecular weight excluding hydrogens is 377 g/mol. The van der Waals surface area contributed by atoms with Gasteiger partial charge >= 0.3 is 0 Å². The summed E-state index contributed by atoms with van der Waals surface area (Å²) in [6, 6.07) is 17.6. The zero-order valence-corrected chi connectivity index (χ0v) is 13.8. The molecule has 21 heavy (non-hydrogen) atoms. The number of rotatable bonds is 5. The van der Waals surface area contributed by atoms with Crippen LogP contribution in [0.25, 0.3) is 0 Å². The Kier molecular flexibility index (Phi) is 5.74. The van der Waals surface area contributed by atoms with E-state index in [2.05, 4.69) is 38.4 Å². The van der Waals surface area contributed by atoms with E-state index in [1.807, 2.05) is 61.5 Å². The number of anilines is 1. The molecular formula is C16H16IN3O. The number of benzene rings is 2. The maximum atomic E-state index is 11.7. The van der Waals surface area contributed by atoms with Gasteiger partial charge in [-0.15, -0.1) is 0 Å². The molecule has 0 heterocycles. The summed E-state index contributed by atoms with van der Waals surface area (Å²) in [5, 5.41) is 7.15. The summed E-state index contributed by atoms with van der Waals surface area (Å²) in [6.07, 6.45) is 0. The van der Waals surface area contributed by atoms with Crippen LogP contribution in [0.4, 0.5) is 5.69 Å². The van der Waals surface area contributed by atoms with E-state index in [1.54, 1.807) is 0 Å². The maximum Gasteiger partial charge on any atom is 0.259 e. The molecule has 0 aliphatic carbocycles. The standard InChI is InChI=1S/C16H16IN3O/c1-12(13-5-3-2-4-6-13)19-20-16(21)11-18-15-9-7-14(17)8-10-15/h2-10,18H,11H2,1H3,(H,20,21)/b19-12-. The SMILES string of the molecule is C/C(=N/NC(=O)CNc1ccc(I)cc1)c1ccccc1. The molecule has 2 rings (SSSR count). The Morgan fingerprint density at radius 3 is 2.43 bits per heavy atom. The van der Waals surface area contributed by atoms with E-state index in [0.717, 1.165) is 20.5 Å². The van der Waals surface area contributed by atoms with Crippen LogP contribution in [0.1, 0.15) is 12.5 Å². The van der Waals surface area contributed by atoms with E-state index in [1.165, 1.54) is 0 Å². The fraction of sp³-hybridized carbons (Fsp3) is 0.125. The molecule has 5 heteroatoms. The van der Waals surface area contributed by atoms with Gasteiger partial charge in [0.15, 0.2) is 0 Å². The molecule has 0 spiro atoms. The minimum atomic E-state index is -0.177. The summed E-state index contributed by atoms with van der Waals surface area (Å²) < 4.78 is 1.16. The Balaban J connectivity index is 1.83. The largest absolute Gasteiger partial charge is 0.376 e. The molecule has 2 aromatic rings.